The molecule has 1 rings (SSSR count). The predicted molar refractivity (Wildman–Crippen MR) is 78.2 cm³/mol. The van der Waals surface area contributed by atoms with Crippen LogP contribution in [-0.4, -0.2) is 23.5 Å². The Kier molecular flexibility index (Phi) is 5.74. The van der Waals surface area contributed by atoms with Crippen molar-refractivity contribution >= 4 is 11.9 Å². The Morgan fingerprint density at radius 1 is 1.20 bits per heavy atom. The Morgan fingerprint density at radius 3 is 2.30 bits per heavy atom. The summed E-state index contributed by atoms with van der Waals surface area (Å²) < 4.78 is 5.36. The van der Waals surface area contributed by atoms with Crippen molar-refractivity contribution in [2.24, 2.45) is 0 Å². The number of amides is 1. The van der Waals surface area contributed by atoms with Crippen LogP contribution in [0, 0.1) is 0 Å². The summed E-state index contributed by atoms with van der Waals surface area (Å²) in [6.45, 7) is 7.19. The zero-order chi connectivity index (χ0) is 15.2. The summed E-state index contributed by atoms with van der Waals surface area (Å²) in [6.07, 6.45) is 0.773. The second kappa shape index (κ2) is 7.08. The molecule has 20 heavy (non-hydrogen) atoms. The first kappa shape index (κ1) is 16.2. The molecule has 0 heterocycles. The normalized spacial score (nSPS) is 12.6. The minimum Gasteiger partial charge on any atom is -0.458 e. The van der Waals surface area contributed by atoms with E-state index < -0.39 is 17.6 Å². The monoisotopic (exact) mass is 277 g/mol. The number of benzene rings is 1. The van der Waals surface area contributed by atoms with Gasteiger partial charge in [-0.15, -0.1) is 0 Å². The first-order valence-corrected chi connectivity index (χ1v) is 6.88. The van der Waals surface area contributed by atoms with Gasteiger partial charge < -0.3 is 10.1 Å². The van der Waals surface area contributed by atoms with Crippen molar-refractivity contribution < 1.29 is 14.3 Å². The highest BCUT2D eigenvalue weighted by atomic mass is 16.6. The van der Waals surface area contributed by atoms with E-state index in [9.17, 15) is 9.59 Å². The average molecular weight is 277 g/mol. The van der Waals surface area contributed by atoms with Crippen LogP contribution in [0.2, 0.25) is 0 Å². The van der Waals surface area contributed by atoms with Gasteiger partial charge in [0.15, 0.2) is 0 Å². The molecule has 1 atom stereocenters. The lowest BCUT2D eigenvalue weighted by molar-refractivity contribution is -0.158. The van der Waals surface area contributed by atoms with Crippen molar-refractivity contribution in [1.82, 2.24) is 5.32 Å². The zero-order valence-corrected chi connectivity index (χ0v) is 12.6. The molecular formula is C16H23NO3. The summed E-state index contributed by atoms with van der Waals surface area (Å²) in [7, 11) is 0. The topological polar surface area (TPSA) is 55.4 Å². The fraction of sp³-hybridized carbons (Fsp3) is 0.500. The number of hydrogen-bond acceptors (Lipinski definition) is 3. The van der Waals surface area contributed by atoms with E-state index in [4.69, 9.17) is 4.74 Å². The van der Waals surface area contributed by atoms with E-state index in [0.717, 1.165) is 5.56 Å². The Labute approximate surface area is 120 Å². The van der Waals surface area contributed by atoms with Crippen LogP contribution in [0.25, 0.3) is 0 Å². The van der Waals surface area contributed by atoms with E-state index >= 15 is 0 Å². The fourth-order valence-electron chi connectivity index (χ4n) is 1.71. The number of carbonyl (C=O) groups is 2. The molecule has 0 aliphatic rings. The molecule has 1 aromatic rings. The Bertz CT molecular complexity index is 449. The third-order valence-electron chi connectivity index (χ3n) is 2.63. The first-order chi connectivity index (χ1) is 9.31. The molecule has 1 N–H and O–H groups in total. The Balaban J connectivity index is 2.79. The van der Waals surface area contributed by atoms with Crippen LogP contribution < -0.4 is 5.32 Å². The molecular weight excluding hydrogens is 254 g/mol. The van der Waals surface area contributed by atoms with Crippen LogP contribution in [0.5, 0.6) is 0 Å². The summed E-state index contributed by atoms with van der Waals surface area (Å²) in [5, 5.41) is 2.72. The third-order valence-corrected chi connectivity index (χ3v) is 2.63. The second-order valence-corrected chi connectivity index (χ2v) is 5.70. The lowest BCUT2D eigenvalue weighted by Gasteiger charge is -2.24. The molecule has 0 aromatic heterocycles. The van der Waals surface area contributed by atoms with Gasteiger partial charge in [0.1, 0.15) is 11.6 Å². The summed E-state index contributed by atoms with van der Waals surface area (Å²) in [5.41, 5.74) is 0.419. The van der Waals surface area contributed by atoms with Gasteiger partial charge in [0, 0.05) is 12.8 Å². The summed E-state index contributed by atoms with van der Waals surface area (Å²) >= 11 is 0. The van der Waals surface area contributed by atoms with Gasteiger partial charge in [0.05, 0.1) is 0 Å². The molecule has 4 heteroatoms. The third kappa shape index (κ3) is 5.87. The van der Waals surface area contributed by atoms with Gasteiger partial charge in [0.2, 0.25) is 5.91 Å². The predicted octanol–water partition coefficient (Wildman–Crippen LogP) is 2.47. The van der Waals surface area contributed by atoms with Crippen LogP contribution in [0.15, 0.2) is 30.3 Å². The largest absolute Gasteiger partial charge is 0.458 e. The maximum absolute atomic E-state index is 12.2. The molecule has 0 aliphatic heterocycles. The van der Waals surface area contributed by atoms with Crippen LogP contribution in [0.3, 0.4) is 0 Å². The van der Waals surface area contributed by atoms with Gasteiger partial charge in [0.25, 0.3) is 0 Å². The van der Waals surface area contributed by atoms with E-state index in [-0.39, 0.29) is 5.91 Å². The molecule has 110 valence electrons. The van der Waals surface area contributed by atoms with Crippen LogP contribution in [0.4, 0.5) is 0 Å². The van der Waals surface area contributed by atoms with Crippen molar-refractivity contribution in [1.29, 1.82) is 0 Å². The summed E-state index contributed by atoms with van der Waals surface area (Å²) in [6, 6.07) is 8.93. The first-order valence-electron chi connectivity index (χ1n) is 6.88. The Morgan fingerprint density at radius 2 is 1.80 bits per heavy atom. The van der Waals surface area contributed by atoms with E-state index in [2.05, 4.69) is 5.32 Å². The van der Waals surface area contributed by atoms with Crippen molar-refractivity contribution in [2.45, 2.75) is 52.2 Å². The fourth-order valence-corrected chi connectivity index (χ4v) is 1.71. The van der Waals surface area contributed by atoms with Gasteiger partial charge in [-0.2, -0.15) is 0 Å². The molecule has 0 aliphatic carbocycles. The highest BCUT2D eigenvalue weighted by molar-refractivity contribution is 5.84. The second-order valence-electron chi connectivity index (χ2n) is 5.70. The molecule has 0 saturated carbocycles. The van der Waals surface area contributed by atoms with Gasteiger partial charge >= 0.3 is 5.97 Å². The average Bonchev–Trinajstić information content (AvgIpc) is 2.37. The summed E-state index contributed by atoms with van der Waals surface area (Å²) in [4.78, 5) is 23.7. The lowest BCUT2D eigenvalue weighted by atomic mass is 10.1. The van der Waals surface area contributed by atoms with Gasteiger partial charge in [-0.1, -0.05) is 37.3 Å². The number of carbonyl (C=O) groups excluding carboxylic acids is 2. The molecule has 1 unspecified atom stereocenters. The number of esters is 1. The van der Waals surface area contributed by atoms with Crippen molar-refractivity contribution in [3.63, 3.8) is 0 Å². The quantitative estimate of drug-likeness (QED) is 0.841. The highest BCUT2D eigenvalue weighted by Crippen LogP contribution is 2.11. The molecule has 0 bridgehead atoms. The number of rotatable bonds is 5. The smallest absolute Gasteiger partial charge is 0.329 e. The molecule has 0 saturated heterocycles. The molecule has 1 amide bonds. The minimum absolute atomic E-state index is 0.156. The molecule has 4 nitrogen and oxygen atoms in total. The van der Waals surface area contributed by atoms with E-state index in [0.29, 0.717) is 12.8 Å². The minimum atomic E-state index is -0.649. The maximum atomic E-state index is 12.2. The van der Waals surface area contributed by atoms with E-state index in [1.165, 1.54) is 0 Å². The van der Waals surface area contributed by atoms with Crippen LogP contribution >= 0.6 is 0 Å². The maximum Gasteiger partial charge on any atom is 0.329 e. The lowest BCUT2D eigenvalue weighted by Crippen LogP contribution is -2.45. The number of nitrogens with one attached hydrogen (secondary N) is 1. The van der Waals surface area contributed by atoms with E-state index in [1.807, 2.05) is 51.1 Å². The van der Waals surface area contributed by atoms with Crippen LogP contribution in [-0.2, 0) is 20.7 Å². The SMILES string of the molecule is CCC(=O)NC(Cc1ccccc1)C(=O)OC(C)(C)C. The Hall–Kier alpha value is -1.84. The van der Waals surface area contributed by atoms with Crippen molar-refractivity contribution in [3.05, 3.63) is 35.9 Å². The highest BCUT2D eigenvalue weighted by Gasteiger charge is 2.26. The van der Waals surface area contributed by atoms with Gasteiger partial charge in [-0.3, -0.25) is 4.79 Å². The van der Waals surface area contributed by atoms with Gasteiger partial charge in [-0.05, 0) is 26.3 Å². The molecule has 0 fully saturated rings. The molecule has 0 spiro atoms. The zero-order valence-electron chi connectivity index (χ0n) is 12.6. The standard InChI is InChI=1S/C16H23NO3/c1-5-14(18)17-13(15(19)20-16(2,3)4)11-12-9-7-6-8-10-12/h6-10,13H,5,11H2,1-4H3,(H,17,18). The van der Waals surface area contributed by atoms with Crippen molar-refractivity contribution in [2.75, 3.05) is 0 Å². The van der Waals surface area contributed by atoms with Crippen LogP contribution in [0.1, 0.15) is 39.7 Å². The summed E-state index contributed by atoms with van der Waals surface area (Å²) in [5.74, 6) is -0.556. The van der Waals surface area contributed by atoms with E-state index in [1.54, 1.807) is 6.92 Å². The number of ether oxygens (including phenoxy) is 1. The van der Waals surface area contributed by atoms with Gasteiger partial charge in [-0.25, -0.2) is 4.79 Å². The molecule has 1 aromatic carbocycles. The number of hydrogen-bond donors (Lipinski definition) is 1. The molecule has 0 radical (unpaired) electrons. The van der Waals surface area contributed by atoms with Crippen molar-refractivity contribution in [3.8, 4) is 0 Å².